The summed E-state index contributed by atoms with van der Waals surface area (Å²) in [6.45, 7) is 0. The van der Waals surface area contributed by atoms with Crippen LogP contribution in [0.3, 0.4) is 0 Å². The van der Waals surface area contributed by atoms with Crippen LogP contribution in [0.25, 0.3) is 11.6 Å². The van der Waals surface area contributed by atoms with Crippen LogP contribution in [-0.2, 0) is 0 Å². The predicted octanol–water partition coefficient (Wildman–Crippen LogP) is 3.05. The maximum Gasteiger partial charge on any atom is 0.0253 e. The SMILES string of the molecule is CN1C=Cc2cccc3c2C(=C1)CS3. The van der Waals surface area contributed by atoms with E-state index in [2.05, 4.69) is 48.6 Å². The molecule has 2 aliphatic heterocycles. The van der Waals surface area contributed by atoms with Crippen LogP contribution < -0.4 is 0 Å². The smallest absolute Gasteiger partial charge is 0.0253 e. The van der Waals surface area contributed by atoms with Crippen molar-refractivity contribution in [2.24, 2.45) is 0 Å². The molecule has 1 aromatic carbocycles. The Morgan fingerprint density at radius 3 is 3.21 bits per heavy atom. The van der Waals surface area contributed by atoms with Crippen molar-refractivity contribution < 1.29 is 0 Å². The summed E-state index contributed by atoms with van der Waals surface area (Å²) in [6.07, 6.45) is 6.53. The van der Waals surface area contributed by atoms with Gasteiger partial charge in [-0.25, -0.2) is 0 Å². The van der Waals surface area contributed by atoms with Crippen LogP contribution in [0.1, 0.15) is 11.1 Å². The number of benzene rings is 1. The number of rotatable bonds is 0. The van der Waals surface area contributed by atoms with E-state index in [0.29, 0.717) is 0 Å². The molecule has 3 rings (SSSR count). The quantitative estimate of drug-likeness (QED) is 0.634. The Labute approximate surface area is 88.1 Å². The zero-order valence-electron chi connectivity index (χ0n) is 8.03. The molecule has 0 saturated heterocycles. The Morgan fingerprint density at radius 1 is 1.36 bits per heavy atom. The molecule has 0 spiro atoms. The van der Waals surface area contributed by atoms with Crippen LogP contribution in [0.4, 0.5) is 0 Å². The molecule has 0 atom stereocenters. The zero-order chi connectivity index (χ0) is 9.54. The molecule has 0 fully saturated rings. The Morgan fingerprint density at radius 2 is 2.29 bits per heavy atom. The van der Waals surface area contributed by atoms with E-state index >= 15 is 0 Å². The third-order valence-corrected chi connectivity index (χ3v) is 3.72. The van der Waals surface area contributed by atoms with Gasteiger partial charge in [0.15, 0.2) is 0 Å². The first-order valence-electron chi connectivity index (χ1n) is 4.71. The van der Waals surface area contributed by atoms with Crippen LogP contribution in [0.15, 0.2) is 35.5 Å². The Kier molecular flexibility index (Phi) is 1.71. The van der Waals surface area contributed by atoms with Crippen molar-refractivity contribution in [2.75, 3.05) is 12.8 Å². The second-order valence-corrected chi connectivity index (χ2v) is 4.66. The fourth-order valence-electron chi connectivity index (χ4n) is 1.97. The van der Waals surface area contributed by atoms with Gasteiger partial charge in [-0.05, 0) is 23.3 Å². The zero-order valence-corrected chi connectivity index (χ0v) is 8.84. The fraction of sp³-hybridized carbons (Fsp3) is 0.167. The highest BCUT2D eigenvalue weighted by Gasteiger charge is 2.20. The number of hydrogen-bond donors (Lipinski definition) is 0. The first-order valence-corrected chi connectivity index (χ1v) is 5.70. The first kappa shape index (κ1) is 8.18. The van der Waals surface area contributed by atoms with E-state index in [9.17, 15) is 0 Å². The highest BCUT2D eigenvalue weighted by Crippen LogP contribution is 2.42. The summed E-state index contributed by atoms with van der Waals surface area (Å²) in [4.78, 5) is 3.55. The van der Waals surface area contributed by atoms with Crippen molar-refractivity contribution in [1.29, 1.82) is 0 Å². The lowest BCUT2D eigenvalue weighted by molar-refractivity contribution is 0.633. The minimum atomic E-state index is 1.11. The summed E-state index contributed by atoms with van der Waals surface area (Å²) in [5.74, 6) is 1.11. The number of thioether (sulfide) groups is 1. The molecule has 1 nitrogen and oxygen atoms in total. The Hall–Kier alpha value is -1.15. The van der Waals surface area contributed by atoms with Gasteiger partial charge in [0.1, 0.15) is 0 Å². The summed E-state index contributed by atoms with van der Waals surface area (Å²) in [5.41, 5.74) is 4.24. The Bertz CT molecular complexity index is 446. The van der Waals surface area contributed by atoms with Crippen molar-refractivity contribution in [1.82, 2.24) is 4.90 Å². The minimum Gasteiger partial charge on any atom is -0.357 e. The largest absolute Gasteiger partial charge is 0.357 e. The molecule has 2 aliphatic rings. The molecule has 1 aromatic rings. The fourth-order valence-corrected chi connectivity index (χ4v) is 3.07. The summed E-state index contributed by atoms with van der Waals surface area (Å²) >= 11 is 1.94. The topological polar surface area (TPSA) is 3.24 Å². The number of hydrogen-bond acceptors (Lipinski definition) is 2. The van der Waals surface area contributed by atoms with Gasteiger partial charge < -0.3 is 4.90 Å². The van der Waals surface area contributed by atoms with E-state index < -0.39 is 0 Å². The highest BCUT2D eigenvalue weighted by molar-refractivity contribution is 8.00. The lowest BCUT2D eigenvalue weighted by Crippen LogP contribution is -1.99. The van der Waals surface area contributed by atoms with Gasteiger partial charge in [-0.1, -0.05) is 12.1 Å². The van der Waals surface area contributed by atoms with Crippen LogP contribution >= 0.6 is 11.8 Å². The van der Waals surface area contributed by atoms with Crippen molar-refractivity contribution in [2.45, 2.75) is 4.90 Å². The lowest BCUT2D eigenvalue weighted by Gasteiger charge is -2.06. The maximum atomic E-state index is 2.23. The molecule has 2 heterocycles. The van der Waals surface area contributed by atoms with Crippen LogP contribution in [0.5, 0.6) is 0 Å². The van der Waals surface area contributed by atoms with Gasteiger partial charge in [0.2, 0.25) is 0 Å². The van der Waals surface area contributed by atoms with E-state index in [1.165, 1.54) is 21.6 Å². The molecule has 0 N–H and O–H groups in total. The van der Waals surface area contributed by atoms with Crippen molar-refractivity contribution in [3.63, 3.8) is 0 Å². The van der Waals surface area contributed by atoms with E-state index in [-0.39, 0.29) is 0 Å². The third kappa shape index (κ3) is 1.11. The van der Waals surface area contributed by atoms with Crippen molar-refractivity contribution in [3.8, 4) is 0 Å². The van der Waals surface area contributed by atoms with Gasteiger partial charge in [-0.15, -0.1) is 11.8 Å². The highest BCUT2D eigenvalue weighted by atomic mass is 32.2. The molecule has 0 amide bonds. The minimum absolute atomic E-state index is 1.11. The Balaban J connectivity index is 2.30. The molecule has 2 heteroatoms. The standard InChI is InChI=1S/C12H11NS/c1-13-6-5-9-3-2-4-11-12(9)10(7-13)8-14-11/h2-7H,8H2,1H3. The average molecular weight is 201 g/mol. The van der Waals surface area contributed by atoms with E-state index in [0.717, 1.165) is 5.75 Å². The molecule has 0 aromatic heterocycles. The summed E-state index contributed by atoms with van der Waals surface area (Å²) in [6, 6.07) is 6.54. The second kappa shape index (κ2) is 2.92. The summed E-state index contributed by atoms with van der Waals surface area (Å²) < 4.78 is 0. The molecule has 0 unspecified atom stereocenters. The number of nitrogens with zero attached hydrogens (tertiary/aromatic N) is 1. The predicted molar refractivity (Wildman–Crippen MR) is 61.9 cm³/mol. The maximum absolute atomic E-state index is 2.23. The summed E-state index contributed by atoms with van der Waals surface area (Å²) in [5, 5.41) is 0. The van der Waals surface area contributed by atoms with Crippen LogP contribution in [0, 0.1) is 0 Å². The molecular formula is C12H11NS. The average Bonchev–Trinajstić information content (AvgIpc) is 2.51. The molecule has 0 bridgehead atoms. The van der Waals surface area contributed by atoms with Gasteiger partial charge in [-0.2, -0.15) is 0 Å². The van der Waals surface area contributed by atoms with Crippen LogP contribution in [0.2, 0.25) is 0 Å². The molecular weight excluding hydrogens is 190 g/mol. The molecule has 0 aliphatic carbocycles. The molecule has 0 radical (unpaired) electrons. The monoisotopic (exact) mass is 201 g/mol. The van der Waals surface area contributed by atoms with Crippen molar-refractivity contribution >= 4 is 23.4 Å². The third-order valence-electron chi connectivity index (χ3n) is 2.61. The van der Waals surface area contributed by atoms with E-state index in [4.69, 9.17) is 0 Å². The normalized spacial score (nSPS) is 17.8. The van der Waals surface area contributed by atoms with Crippen LogP contribution in [-0.4, -0.2) is 17.7 Å². The van der Waals surface area contributed by atoms with Crippen molar-refractivity contribution in [3.05, 3.63) is 41.7 Å². The molecule has 70 valence electrons. The van der Waals surface area contributed by atoms with E-state index in [1.807, 2.05) is 11.8 Å². The lowest BCUT2D eigenvalue weighted by atomic mass is 10.0. The molecule has 14 heavy (non-hydrogen) atoms. The van der Waals surface area contributed by atoms with Gasteiger partial charge in [-0.3, -0.25) is 0 Å². The van der Waals surface area contributed by atoms with Gasteiger partial charge >= 0.3 is 0 Å². The van der Waals surface area contributed by atoms with Gasteiger partial charge in [0, 0.05) is 35.7 Å². The van der Waals surface area contributed by atoms with Gasteiger partial charge in [0.05, 0.1) is 0 Å². The van der Waals surface area contributed by atoms with E-state index in [1.54, 1.807) is 0 Å². The summed E-state index contributed by atoms with van der Waals surface area (Å²) in [7, 11) is 2.08. The second-order valence-electron chi connectivity index (χ2n) is 3.64. The first-order chi connectivity index (χ1) is 6.84. The molecule has 0 saturated carbocycles. The van der Waals surface area contributed by atoms with Gasteiger partial charge in [0.25, 0.3) is 0 Å².